The van der Waals surface area contributed by atoms with E-state index in [2.05, 4.69) is 30.4 Å². The number of carbonyl (C=O) groups is 2. The number of aliphatic hydroxyl groups excluding tert-OH is 2. The van der Waals surface area contributed by atoms with Crippen LogP contribution in [0.1, 0.15) is 65.2 Å². The molecule has 32 heavy (non-hydrogen) atoms. The molecule has 4 rings (SSSR count). The van der Waals surface area contributed by atoms with Crippen molar-refractivity contribution in [3.63, 3.8) is 0 Å². The first kappa shape index (κ1) is 23.2. The zero-order valence-corrected chi connectivity index (χ0v) is 19.0. The lowest BCUT2D eigenvalue weighted by atomic mass is 9.47. The average molecular weight is 449 g/mol. The summed E-state index contributed by atoms with van der Waals surface area (Å²) in [4.78, 5) is 27.9. The molecule has 0 heterocycles. The first-order chi connectivity index (χ1) is 15.2. The maximum absolute atomic E-state index is 11.8. The first-order valence-corrected chi connectivity index (χ1v) is 11.9. The number of aliphatic carboxylic acids is 1. The standard InChI is InChI=1S/C24H36N2O6/c1-23-9-7-15(26-32-13-21(29)25-19(12-27)22(30)31)11-14(23)3-4-16-17-5-6-20(28)24(17,2)10-8-18(16)23/h11,16-20,27-28H,3-10,12-13H2,1-2H3,(H,25,29)(H,30,31)/b26-15+/t16-,17-,18-,19+,20+,23-,24-/m0/s1. The van der Waals surface area contributed by atoms with Gasteiger partial charge in [-0.3, -0.25) is 4.79 Å². The highest BCUT2D eigenvalue weighted by Gasteiger charge is 2.58. The van der Waals surface area contributed by atoms with Crippen molar-refractivity contribution in [2.75, 3.05) is 13.2 Å². The Balaban J connectivity index is 1.39. The van der Waals surface area contributed by atoms with Crippen molar-refractivity contribution in [3.05, 3.63) is 11.6 Å². The van der Waals surface area contributed by atoms with E-state index in [4.69, 9.17) is 15.1 Å². The lowest BCUT2D eigenvalue weighted by Gasteiger charge is -2.57. The number of hydrogen-bond acceptors (Lipinski definition) is 6. The van der Waals surface area contributed by atoms with Crippen molar-refractivity contribution < 1.29 is 29.7 Å². The van der Waals surface area contributed by atoms with Gasteiger partial charge in [-0.15, -0.1) is 0 Å². The molecular formula is C24H36N2O6. The second kappa shape index (κ2) is 8.78. The number of carboxylic acids is 1. The molecule has 4 N–H and O–H groups in total. The maximum atomic E-state index is 11.8. The number of carbonyl (C=O) groups excluding carboxylic acids is 1. The van der Waals surface area contributed by atoms with Crippen LogP contribution in [-0.2, 0) is 14.4 Å². The number of carboxylic acid groups (broad SMARTS) is 1. The van der Waals surface area contributed by atoms with Gasteiger partial charge in [0, 0.05) is 0 Å². The van der Waals surface area contributed by atoms with Crippen LogP contribution in [0.2, 0.25) is 0 Å². The number of fused-ring (bicyclic) bond motifs is 5. The van der Waals surface area contributed by atoms with Crippen molar-refractivity contribution >= 4 is 17.6 Å². The summed E-state index contributed by atoms with van der Waals surface area (Å²) in [6.45, 7) is 3.63. The zero-order valence-electron chi connectivity index (χ0n) is 19.0. The molecular weight excluding hydrogens is 412 g/mol. The maximum Gasteiger partial charge on any atom is 0.328 e. The molecule has 0 unspecified atom stereocenters. The topological polar surface area (TPSA) is 128 Å². The van der Waals surface area contributed by atoms with Crippen LogP contribution < -0.4 is 5.32 Å². The van der Waals surface area contributed by atoms with Crippen molar-refractivity contribution in [1.29, 1.82) is 0 Å². The minimum Gasteiger partial charge on any atom is -0.480 e. The van der Waals surface area contributed by atoms with Crippen LogP contribution in [0, 0.1) is 28.6 Å². The minimum absolute atomic E-state index is 0.0874. The predicted molar refractivity (Wildman–Crippen MR) is 118 cm³/mol. The van der Waals surface area contributed by atoms with E-state index in [0.29, 0.717) is 17.8 Å². The Morgan fingerprint density at radius 2 is 1.97 bits per heavy atom. The van der Waals surface area contributed by atoms with Gasteiger partial charge >= 0.3 is 5.97 Å². The highest BCUT2D eigenvalue weighted by molar-refractivity contribution is 5.96. The van der Waals surface area contributed by atoms with E-state index in [-0.39, 0.29) is 23.5 Å². The summed E-state index contributed by atoms with van der Waals surface area (Å²) in [5, 5.41) is 34.8. The Morgan fingerprint density at radius 3 is 2.69 bits per heavy atom. The van der Waals surface area contributed by atoms with E-state index >= 15 is 0 Å². The third kappa shape index (κ3) is 3.96. The highest BCUT2D eigenvalue weighted by Crippen LogP contribution is 2.65. The number of hydrogen-bond donors (Lipinski definition) is 4. The van der Waals surface area contributed by atoms with Crippen LogP contribution in [0.5, 0.6) is 0 Å². The summed E-state index contributed by atoms with van der Waals surface area (Å²) in [6, 6.07) is -1.34. The van der Waals surface area contributed by atoms with E-state index in [1.807, 2.05) is 0 Å². The number of oxime groups is 1. The second-order valence-corrected chi connectivity index (χ2v) is 10.6. The lowest BCUT2D eigenvalue weighted by Crippen LogP contribution is -2.51. The molecule has 0 spiro atoms. The molecule has 0 radical (unpaired) electrons. The molecule has 0 aromatic heterocycles. The summed E-state index contributed by atoms with van der Waals surface area (Å²) in [7, 11) is 0. The molecule has 1 amide bonds. The minimum atomic E-state index is -1.34. The normalized spacial score (nSPS) is 40.5. The Labute approximate surface area is 189 Å². The number of nitrogens with zero attached hydrogens (tertiary/aromatic N) is 1. The van der Waals surface area contributed by atoms with Gasteiger partial charge in [0.1, 0.15) is 6.04 Å². The van der Waals surface area contributed by atoms with Crippen LogP contribution in [-0.4, -0.2) is 58.3 Å². The fourth-order valence-corrected chi connectivity index (χ4v) is 7.21. The summed E-state index contributed by atoms with van der Waals surface area (Å²) in [6.07, 6.45) is 10.3. The molecule has 0 aromatic carbocycles. The van der Waals surface area contributed by atoms with E-state index in [9.17, 15) is 14.7 Å². The molecule has 8 heteroatoms. The second-order valence-electron chi connectivity index (χ2n) is 10.6. The summed E-state index contributed by atoms with van der Waals surface area (Å²) in [5.74, 6) is 0.0219. The quantitative estimate of drug-likeness (QED) is 0.461. The van der Waals surface area contributed by atoms with E-state index < -0.39 is 24.5 Å². The molecule has 0 aromatic rings. The molecule has 7 atom stereocenters. The van der Waals surface area contributed by atoms with Gasteiger partial charge in [0.2, 0.25) is 0 Å². The average Bonchev–Trinajstić information content (AvgIpc) is 3.06. The number of amides is 1. The number of rotatable bonds is 6. The van der Waals surface area contributed by atoms with Crippen LogP contribution in [0.25, 0.3) is 0 Å². The molecule has 3 saturated carbocycles. The van der Waals surface area contributed by atoms with Crippen LogP contribution in [0.4, 0.5) is 0 Å². The van der Waals surface area contributed by atoms with Crippen LogP contribution >= 0.6 is 0 Å². The van der Waals surface area contributed by atoms with Gasteiger partial charge in [-0.05, 0) is 86.0 Å². The molecule has 8 nitrogen and oxygen atoms in total. The van der Waals surface area contributed by atoms with Crippen LogP contribution in [0.3, 0.4) is 0 Å². The van der Waals surface area contributed by atoms with Gasteiger partial charge < -0.3 is 25.5 Å². The van der Waals surface area contributed by atoms with Crippen molar-refractivity contribution in [1.82, 2.24) is 5.32 Å². The molecule has 0 saturated heterocycles. The van der Waals surface area contributed by atoms with E-state index in [0.717, 1.165) is 50.7 Å². The van der Waals surface area contributed by atoms with E-state index in [1.165, 1.54) is 12.0 Å². The SMILES string of the molecule is C[C@]12CC[C@H]3[C@@H](CCC4=C/C(=N/OCC(=O)N[C@H](CO)C(=O)O)CC[C@@]43C)[C@@H]1CC[C@H]2O. The van der Waals surface area contributed by atoms with E-state index in [1.54, 1.807) is 0 Å². The van der Waals surface area contributed by atoms with Crippen molar-refractivity contribution in [2.24, 2.45) is 33.7 Å². The number of nitrogens with one attached hydrogen (secondary N) is 1. The molecule has 0 aliphatic heterocycles. The van der Waals surface area contributed by atoms with Gasteiger partial charge in [0.25, 0.3) is 5.91 Å². The third-order valence-corrected chi connectivity index (χ3v) is 9.12. The highest BCUT2D eigenvalue weighted by atomic mass is 16.6. The Morgan fingerprint density at radius 1 is 1.19 bits per heavy atom. The number of allylic oxidation sites excluding steroid dienone is 2. The number of aliphatic hydroxyl groups is 2. The summed E-state index contributed by atoms with van der Waals surface area (Å²) >= 11 is 0. The van der Waals surface area contributed by atoms with Crippen LogP contribution in [0.15, 0.2) is 16.8 Å². The smallest absolute Gasteiger partial charge is 0.328 e. The summed E-state index contributed by atoms with van der Waals surface area (Å²) in [5.41, 5.74) is 2.48. The first-order valence-electron chi connectivity index (χ1n) is 11.9. The lowest BCUT2D eigenvalue weighted by molar-refractivity contribution is -0.143. The van der Waals surface area contributed by atoms with Crippen molar-refractivity contribution in [2.45, 2.75) is 77.4 Å². The zero-order chi connectivity index (χ0) is 23.1. The fraction of sp³-hybridized carbons (Fsp3) is 0.792. The van der Waals surface area contributed by atoms with Gasteiger partial charge in [0.15, 0.2) is 6.61 Å². The molecule has 178 valence electrons. The summed E-state index contributed by atoms with van der Waals surface area (Å²) < 4.78 is 0. The molecule has 0 bridgehead atoms. The Hall–Kier alpha value is -1.93. The van der Waals surface area contributed by atoms with Gasteiger partial charge in [0.05, 0.1) is 18.4 Å². The van der Waals surface area contributed by atoms with Gasteiger partial charge in [-0.2, -0.15) is 0 Å². The monoisotopic (exact) mass is 448 g/mol. The largest absolute Gasteiger partial charge is 0.480 e. The van der Waals surface area contributed by atoms with Crippen molar-refractivity contribution in [3.8, 4) is 0 Å². The van der Waals surface area contributed by atoms with Gasteiger partial charge in [-0.1, -0.05) is 24.6 Å². The predicted octanol–water partition coefficient (Wildman–Crippen LogP) is 2.24. The molecule has 4 aliphatic carbocycles. The molecule has 3 fully saturated rings. The molecule has 4 aliphatic rings. The fourth-order valence-electron chi connectivity index (χ4n) is 7.21. The Kier molecular flexibility index (Phi) is 6.38. The Bertz CT molecular complexity index is 825. The van der Waals surface area contributed by atoms with Gasteiger partial charge in [-0.25, -0.2) is 4.79 Å². The third-order valence-electron chi connectivity index (χ3n) is 9.12.